The molecule has 2 heterocycles. The first kappa shape index (κ1) is 15.6. The molecule has 0 saturated carbocycles. The van der Waals surface area contributed by atoms with Crippen molar-refractivity contribution in [2.45, 2.75) is 25.4 Å². The van der Waals surface area contributed by atoms with Crippen molar-refractivity contribution < 1.29 is 19.2 Å². The van der Waals surface area contributed by atoms with Crippen molar-refractivity contribution in [3.05, 3.63) is 47.9 Å². The van der Waals surface area contributed by atoms with Crippen molar-refractivity contribution in [1.82, 2.24) is 10.1 Å². The fraction of sp³-hybridized carbons (Fsp3) is 0.412. The van der Waals surface area contributed by atoms with Crippen molar-refractivity contribution in [3.63, 3.8) is 0 Å². The third kappa shape index (κ3) is 3.90. The number of β-amino-alcohol motifs (C(OH)–C–C–N with tert-alkyl or cyclic N) is 1. The van der Waals surface area contributed by atoms with Gasteiger partial charge < -0.3 is 19.3 Å². The molecule has 6 nitrogen and oxygen atoms in total. The zero-order valence-electron chi connectivity index (χ0n) is 13.1. The highest BCUT2D eigenvalue weighted by atomic mass is 16.5. The molecule has 1 atom stereocenters. The molecule has 6 heteroatoms. The Morgan fingerprint density at radius 1 is 1.43 bits per heavy atom. The van der Waals surface area contributed by atoms with Crippen LogP contribution in [0.1, 0.15) is 17.9 Å². The van der Waals surface area contributed by atoms with Gasteiger partial charge in [0.15, 0.2) is 0 Å². The summed E-state index contributed by atoms with van der Waals surface area (Å²) in [7, 11) is 0. The zero-order valence-corrected chi connectivity index (χ0v) is 13.1. The molecule has 1 fully saturated rings. The van der Waals surface area contributed by atoms with Gasteiger partial charge in [-0.3, -0.25) is 4.79 Å². The maximum atomic E-state index is 12.3. The van der Waals surface area contributed by atoms with E-state index in [1.165, 1.54) is 0 Å². The fourth-order valence-electron chi connectivity index (χ4n) is 2.68. The highest BCUT2D eigenvalue weighted by Gasteiger charge is 2.39. The van der Waals surface area contributed by atoms with Gasteiger partial charge in [-0.25, -0.2) is 0 Å². The Hall–Kier alpha value is -2.34. The molecule has 1 aliphatic rings. The summed E-state index contributed by atoms with van der Waals surface area (Å²) in [5.41, 5.74) is -0.259. The van der Waals surface area contributed by atoms with Gasteiger partial charge in [-0.1, -0.05) is 23.4 Å². The lowest BCUT2D eigenvalue weighted by Crippen LogP contribution is -2.41. The first-order chi connectivity index (χ1) is 11.0. The molecule has 23 heavy (non-hydrogen) atoms. The van der Waals surface area contributed by atoms with Crippen molar-refractivity contribution >= 4 is 5.91 Å². The number of carbonyl (C=O) groups excluding carboxylic acids is 1. The van der Waals surface area contributed by atoms with E-state index in [0.29, 0.717) is 24.5 Å². The first-order valence-electron chi connectivity index (χ1n) is 7.64. The molecule has 1 aliphatic heterocycles. The second-order valence-electron chi connectivity index (χ2n) is 6.00. The van der Waals surface area contributed by atoms with Crippen LogP contribution in [-0.4, -0.2) is 46.4 Å². The molecule has 1 saturated heterocycles. The van der Waals surface area contributed by atoms with Crippen LogP contribution in [0.3, 0.4) is 0 Å². The summed E-state index contributed by atoms with van der Waals surface area (Å²) < 4.78 is 10.7. The van der Waals surface area contributed by atoms with Crippen LogP contribution < -0.4 is 4.74 Å². The summed E-state index contributed by atoms with van der Waals surface area (Å²) in [5.74, 6) is 1.18. The summed E-state index contributed by atoms with van der Waals surface area (Å²) in [6.45, 7) is 2.77. The standard InChI is InChI=1S/C17H20N2O4/c1-13-9-15(23-18-13)10-16(20)19-8-7-17(21,11-19)12-22-14-5-3-2-4-6-14/h2-6,9,21H,7-8,10-12H2,1H3/t17-/m1/s1. The van der Waals surface area contributed by atoms with Crippen LogP contribution in [0.2, 0.25) is 0 Å². The number of benzene rings is 1. The number of aliphatic hydroxyl groups is 1. The SMILES string of the molecule is Cc1cc(CC(=O)N2CC[C@](O)(COc3ccccc3)C2)on1. The van der Waals surface area contributed by atoms with E-state index in [2.05, 4.69) is 5.16 Å². The lowest BCUT2D eigenvalue weighted by Gasteiger charge is -2.23. The minimum Gasteiger partial charge on any atom is -0.491 e. The van der Waals surface area contributed by atoms with Gasteiger partial charge in [0.1, 0.15) is 23.7 Å². The number of aromatic nitrogens is 1. The molecule has 0 bridgehead atoms. The van der Waals surface area contributed by atoms with Gasteiger partial charge in [0.05, 0.1) is 18.7 Å². The van der Waals surface area contributed by atoms with Gasteiger partial charge in [0.2, 0.25) is 5.91 Å². The zero-order chi connectivity index (χ0) is 16.3. The average Bonchev–Trinajstić information content (AvgIpc) is 3.13. The number of nitrogens with zero attached hydrogens (tertiary/aromatic N) is 2. The van der Waals surface area contributed by atoms with E-state index in [1.54, 1.807) is 11.0 Å². The van der Waals surface area contributed by atoms with Crippen LogP contribution in [0.25, 0.3) is 0 Å². The molecular weight excluding hydrogens is 296 g/mol. The smallest absolute Gasteiger partial charge is 0.230 e. The van der Waals surface area contributed by atoms with E-state index >= 15 is 0 Å². The van der Waals surface area contributed by atoms with Crippen molar-refractivity contribution in [3.8, 4) is 5.75 Å². The molecule has 0 spiro atoms. The number of ether oxygens (including phenoxy) is 1. The van der Waals surface area contributed by atoms with Gasteiger partial charge in [-0.2, -0.15) is 0 Å². The minimum absolute atomic E-state index is 0.0724. The fourth-order valence-corrected chi connectivity index (χ4v) is 2.68. The molecule has 0 unspecified atom stereocenters. The Labute approximate surface area is 134 Å². The molecule has 122 valence electrons. The summed E-state index contributed by atoms with van der Waals surface area (Å²) in [6.07, 6.45) is 0.664. The lowest BCUT2D eigenvalue weighted by atomic mass is 10.1. The normalized spacial score (nSPS) is 20.7. The third-order valence-corrected chi connectivity index (χ3v) is 3.94. The van der Waals surface area contributed by atoms with E-state index in [1.807, 2.05) is 37.3 Å². The number of hydrogen-bond donors (Lipinski definition) is 1. The van der Waals surface area contributed by atoms with Crippen LogP contribution in [0.4, 0.5) is 0 Å². The molecule has 0 radical (unpaired) electrons. The molecule has 1 aromatic carbocycles. The Balaban J connectivity index is 1.53. The first-order valence-corrected chi connectivity index (χ1v) is 7.64. The molecule has 1 N–H and O–H groups in total. The van der Waals surface area contributed by atoms with Crippen LogP contribution in [0, 0.1) is 6.92 Å². The van der Waals surface area contributed by atoms with Gasteiger partial charge in [0, 0.05) is 12.6 Å². The van der Waals surface area contributed by atoms with E-state index in [4.69, 9.17) is 9.26 Å². The number of amides is 1. The third-order valence-electron chi connectivity index (χ3n) is 3.94. The van der Waals surface area contributed by atoms with Gasteiger partial charge in [-0.05, 0) is 25.5 Å². The van der Waals surface area contributed by atoms with Gasteiger partial charge in [0.25, 0.3) is 0 Å². The summed E-state index contributed by atoms with van der Waals surface area (Å²) >= 11 is 0. The largest absolute Gasteiger partial charge is 0.491 e. The monoisotopic (exact) mass is 316 g/mol. The van der Waals surface area contributed by atoms with Crippen molar-refractivity contribution in [1.29, 1.82) is 0 Å². The molecule has 1 aromatic heterocycles. The number of hydrogen-bond acceptors (Lipinski definition) is 5. The number of rotatable bonds is 5. The number of likely N-dealkylation sites (tertiary alicyclic amines) is 1. The minimum atomic E-state index is -1.01. The molecule has 2 aromatic rings. The Morgan fingerprint density at radius 2 is 2.22 bits per heavy atom. The topological polar surface area (TPSA) is 75.8 Å². The summed E-state index contributed by atoms with van der Waals surface area (Å²) in [4.78, 5) is 13.9. The maximum absolute atomic E-state index is 12.3. The lowest BCUT2D eigenvalue weighted by molar-refractivity contribution is -0.131. The molecule has 0 aliphatic carbocycles. The maximum Gasteiger partial charge on any atom is 0.230 e. The number of aryl methyl sites for hydroxylation is 1. The van der Waals surface area contributed by atoms with E-state index in [0.717, 1.165) is 5.69 Å². The van der Waals surface area contributed by atoms with Crippen LogP contribution in [0.15, 0.2) is 40.9 Å². The Kier molecular flexibility index (Phi) is 4.34. The van der Waals surface area contributed by atoms with Crippen LogP contribution >= 0.6 is 0 Å². The number of para-hydroxylation sites is 1. The predicted octanol–water partition coefficient (Wildman–Crippen LogP) is 1.57. The predicted molar refractivity (Wildman–Crippen MR) is 83.0 cm³/mol. The van der Waals surface area contributed by atoms with Crippen LogP contribution in [0.5, 0.6) is 5.75 Å². The van der Waals surface area contributed by atoms with Gasteiger partial charge >= 0.3 is 0 Å². The van der Waals surface area contributed by atoms with E-state index in [9.17, 15) is 9.90 Å². The molecule has 1 amide bonds. The second kappa shape index (κ2) is 6.42. The van der Waals surface area contributed by atoms with E-state index in [-0.39, 0.29) is 25.5 Å². The summed E-state index contributed by atoms with van der Waals surface area (Å²) in [5, 5.41) is 14.4. The Bertz CT molecular complexity index is 670. The van der Waals surface area contributed by atoms with Gasteiger partial charge in [-0.15, -0.1) is 0 Å². The van der Waals surface area contributed by atoms with Crippen molar-refractivity contribution in [2.24, 2.45) is 0 Å². The average molecular weight is 316 g/mol. The van der Waals surface area contributed by atoms with Crippen molar-refractivity contribution in [2.75, 3.05) is 19.7 Å². The Morgan fingerprint density at radius 3 is 2.91 bits per heavy atom. The molecular formula is C17H20N2O4. The highest BCUT2D eigenvalue weighted by Crippen LogP contribution is 2.23. The van der Waals surface area contributed by atoms with Crippen LogP contribution in [-0.2, 0) is 11.2 Å². The number of carbonyl (C=O) groups is 1. The quantitative estimate of drug-likeness (QED) is 0.906. The second-order valence-corrected chi connectivity index (χ2v) is 6.00. The molecule has 3 rings (SSSR count). The van der Waals surface area contributed by atoms with E-state index < -0.39 is 5.60 Å². The highest BCUT2D eigenvalue weighted by molar-refractivity contribution is 5.78. The summed E-state index contributed by atoms with van der Waals surface area (Å²) in [6, 6.07) is 11.1.